The van der Waals surface area contributed by atoms with Gasteiger partial charge in [-0.1, -0.05) is 26.8 Å². The summed E-state index contributed by atoms with van der Waals surface area (Å²) in [4.78, 5) is 11.1. The van der Waals surface area contributed by atoms with Crippen LogP contribution in [0, 0.1) is 12.8 Å². The fourth-order valence-electron chi connectivity index (χ4n) is 2.93. The van der Waals surface area contributed by atoms with Crippen LogP contribution < -0.4 is 0 Å². The molecule has 0 spiro atoms. The SMILES string of the molecule is Cc1cc(C(C)(C)C)c(O)cc1C(CC(=O)O)C1CC1. The first-order chi connectivity index (χ1) is 9.20. The Morgan fingerprint density at radius 2 is 1.95 bits per heavy atom. The monoisotopic (exact) mass is 276 g/mol. The van der Waals surface area contributed by atoms with Crippen LogP contribution in [-0.2, 0) is 10.2 Å². The minimum atomic E-state index is -0.763. The highest BCUT2D eigenvalue weighted by molar-refractivity contribution is 5.68. The predicted octanol–water partition coefficient (Wildman–Crippen LogP) is 3.97. The maximum atomic E-state index is 11.1. The van der Waals surface area contributed by atoms with Crippen molar-refractivity contribution in [1.82, 2.24) is 0 Å². The second kappa shape index (κ2) is 5.12. The average Bonchev–Trinajstić information content (AvgIpc) is 3.11. The minimum absolute atomic E-state index is 0.0346. The number of carboxylic acid groups (broad SMARTS) is 1. The third-order valence-electron chi connectivity index (χ3n) is 4.18. The predicted molar refractivity (Wildman–Crippen MR) is 79.3 cm³/mol. The van der Waals surface area contributed by atoms with E-state index >= 15 is 0 Å². The zero-order valence-electron chi connectivity index (χ0n) is 12.7. The molecule has 3 heteroatoms. The lowest BCUT2D eigenvalue weighted by Gasteiger charge is -2.24. The highest BCUT2D eigenvalue weighted by atomic mass is 16.4. The Kier molecular flexibility index (Phi) is 3.81. The summed E-state index contributed by atoms with van der Waals surface area (Å²) in [6.07, 6.45) is 2.35. The molecule has 0 saturated heterocycles. The molecule has 1 aliphatic carbocycles. The van der Waals surface area contributed by atoms with Crippen LogP contribution in [0.4, 0.5) is 0 Å². The highest BCUT2D eigenvalue weighted by Crippen LogP contribution is 2.47. The van der Waals surface area contributed by atoms with Gasteiger partial charge < -0.3 is 10.2 Å². The van der Waals surface area contributed by atoms with Crippen molar-refractivity contribution < 1.29 is 15.0 Å². The molecule has 1 atom stereocenters. The Hall–Kier alpha value is -1.51. The molecule has 0 bridgehead atoms. The third-order valence-corrected chi connectivity index (χ3v) is 4.18. The summed E-state index contributed by atoms with van der Waals surface area (Å²) in [5, 5.41) is 19.4. The lowest BCUT2D eigenvalue weighted by Crippen LogP contribution is -2.14. The molecule has 1 aromatic rings. The molecule has 1 aliphatic rings. The molecule has 0 radical (unpaired) electrons. The van der Waals surface area contributed by atoms with Crippen LogP contribution >= 0.6 is 0 Å². The molecule has 0 heterocycles. The third kappa shape index (κ3) is 3.14. The van der Waals surface area contributed by atoms with Crippen molar-refractivity contribution in [2.75, 3.05) is 0 Å². The zero-order valence-corrected chi connectivity index (χ0v) is 12.7. The molecular weight excluding hydrogens is 252 g/mol. The second-order valence-electron chi connectivity index (χ2n) is 7.02. The van der Waals surface area contributed by atoms with Crippen LogP contribution in [0.1, 0.15) is 62.6 Å². The Labute approximate surface area is 120 Å². The van der Waals surface area contributed by atoms with Gasteiger partial charge in [0.25, 0.3) is 0 Å². The van der Waals surface area contributed by atoms with E-state index in [0.717, 1.165) is 29.5 Å². The maximum absolute atomic E-state index is 11.1. The summed E-state index contributed by atoms with van der Waals surface area (Å²) in [6, 6.07) is 3.81. The molecule has 1 aromatic carbocycles. The van der Waals surface area contributed by atoms with Crippen LogP contribution in [0.25, 0.3) is 0 Å². The van der Waals surface area contributed by atoms with E-state index in [2.05, 4.69) is 20.8 Å². The number of carbonyl (C=O) groups is 1. The van der Waals surface area contributed by atoms with Gasteiger partial charge in [-0.2, -0.15) is 0 Å². The van der Waals surface area contributed by atoms with E-state index in [0.29, 0.717) is 5.92 Å². The van der Waals surface area contributed by atoms with Crippen molar-refractivity contribution in [2.24, 2.45) is 5.92 Å². The molecule has 3 nitrogen and oxygen atoms in total. The number of aromatic hydroxyl groups is 1. The Morgan fingerprint density at radius 1 is 1.35 bits per heavy atom. The lowest BCUT2D eigenvalue weighted by molar-refractivity contribution is -0.137. The number of carboxylic acids is 1. The normalized spacial score (nSPS) is 17.0. The van der Waals surface area contributed by atoms with E-state index < -0.39 is 5.97 Å². The number of aryl methyl sites for hydroxylation is 1. The standard InChI is InChI=1S/C17H24O3/c1-10-7-14(17(2,3)4)15(18)8-12(10)13(9-16(19)20)11-5-6-11/h7-8,11,13,18H,5-6,9H2,1-4H3,(H,19,20). The fourth-order valence-corrected chi connectivity index (χ4v) is 2.93. The molecule has 0 aromatic heterocycles. The number of hydrogen-bond donors (Lipinski definition) is 2. The first kappa shape index (κ1) is 14.9. The molecule has 0 aliphatic heterocycles. The number of benzene rings is 1. The van der Waals surface area contributed by atoms with Gasteiger partial charge >= 0.3 is 5.97 Å². The van der Waals surface area contributed by atoms with Gasteiger partial charge in [0.05, 0.1) is 6.42 Å². The zero-order chi connectivity index (χ0) is 15.1. The molecule has 2 rings (SSSR count). The second-order valence-corrected chi connectivity index (χ2v) is 7.02. The van der Waals surface area contributed by atoms with Crippen LogP contribution in [-0.4, -0.2) is 16.2 Å². The van der Waals surface area contributed by atoms with Crippen LogP contribution in [0.5, 0.6) is 5.75 Å². The van der Waals surface area contributed by atoms with Crippen molar-refractivity contribution in [3.63, 3.8) is 0 Å². The molecule has 20 heavy (non-hydrogen) atoms. The molecule has 110 valence electrons. The molecule has 0 amide bonds. The van der Waals surface area contributed by atoms with Gasteiger partial charge in [-0.25, -0.2) is 0 Å². The lowest BCUT2D eigenvalue weighted by atomic mass is 9.81. The average molecular weight is 276 g/mol. The number of aliphatic carboxylic acids is 1. The number of rotatable bonds is 4. The topological polar surface area (TPSA) is 57.5 Å². The molecule has 1 unspecified atom stereocenters. The van der Waals surface area contributed by atoms with E-state index in [4.69, 9.17) is 5.11 Å². The van der Waals surface area contributed by atoms with Crippen molar-refractivity contribution in [2.45, 2.75) is 58.3 Å². The number of phenols is 1. The minimum Gasteiger partial charge on any atom is -0.508 e. The van der Waals surface area contributed by atoms with Gasteiger partial charge in [0.1, 0.15) is 5.75 Å². The van der Waals surface area contributed by atoms with E-state index in [-0.39, 0.29) is 23.5 Å². The van der Waals surface area contributed by atoms with Crippen molar-refractivity contribution in [3.05, 3.63) is 28.8 Å². The summed E-state index contributed by atoms with van der Waals surface area (Å²) >= 11 is 0. The Balaban J connectivity index is 2.41. The molecule has 1 saturated carbocycles. The smallest absolute Gasteiger partial charge is 0.303 e. The maximum Gasteiger partial charge on any atom is 0.303 e. The van der Waals surface area contributed by atoms with Crippen molar-refractivity contribution in [1.29, 1.82) is 0 Å². The van der Waals surface area contributed by atoms with E-state index in [1.54, 1.807) is 6.07 Å². The van der Waals surface area contributed by atoms with E-state index in [1.807, 2.05) is 13.0 Å². The van der Waals surface area contributed by atoms with Crippen LogP contribution in [0.2, 0.25) is 0 Å². The van der Waals surface area contributed by atoms with Gasteiger partial charge in [0, 0.05) is 0 Å². The number of phenolic OH excluding ortho intramolecular Hbond substituents is 1. The summed E-state index contributed by atoms with van der Waals surface area (Å²) in [6.45, 7) is 8.21. The van der Waals surface area contributed by atoms with Crippen molar-refractivity contribution >= 4 is 5.97 Å². The molecular formula is C17H24O3. The highest BCUT2D eigenvalue weighted by Gasteiger charge is 2.35. The van der Waals surface area contributed by atoms with Crippen molar-refractivity contribution in [3.8, 4) is 5.75 Å². The Morgan fingerprint density at radius 3 is 2.40 bits per heavy atom. The largest absolute Gasteiger partial charge is 0.508 e. The van der Waals surface area contributed by atoms with Crippen LogP contribution in [0.15, 0.2) is 12.1 Å². The summed E-state index contributed by atoms with van der Waals surface area (Å²) in [5.41, 5.74) is 2.89. The van der Waals surface area contributed by atoms with E-state index in [1.165, 1.54) is 0 Å². The van der Waals surface area contributed by atoms with Gasteiger partial charge in [-0.15, -0.1) is 0 Å². The first-order valence-corrected chi connectivity index (χ1v) is 7.26. The van der Waals surface area contributed by atoms with Gasteiger partial charge in [-0.3, -0.25) is 4.79 Å². The van der Waals surface area contributed by atoms with Crippen LogP contribution in [0.3, 0.4) is 0 Å². The summed E-state index contributed by atoms with van der Waals surface area (Å²) in [5.74, 6) is 0.0203. The number of hydrogen-bond acceptors (Lipinski definition) is 2. The quantitative estimate of drug-likeness (QED) is 0.875. The van der Waals surface area contributed by atoms with E-state index in [9.17, 15) is 9.90 Å². The van der Waals surface area contributed by atoms with Gasteiger partial charge in [-0.05, 0) is 59.8 Å². The molecule has 2 N–H and O–H groups in total. The fraction of sp³-hybridized carbons (Fsp3) is 0.588. The molecule has 1 fully saturated rings. The van der Waals surface area contributed by atoms with Gasteiger partial charge in [0.15, 0.2) is 0 Å². The Bertz CT molecular complexity index is 522. The summed E-state index contributed by atoms with van der Waals surface area (Å²) in [7, 11) is 0. The first-order valence-electron chi connectivity index (χ1n) is 7.26. The summed E-state index contributed by atoms with van der Waals surface area (Å²) < 4.78 is 0. The van der Waals surface area contributed by atoms with Gasteiger partial charge in [0.2, 0.25) is 0 Å².